The van der Waals surface area contributed by atoms with E-state index in [0.29, 0.717) is 45.0 Å². The van der Waals surface area contributed by atoms with E-state index in [2.05, 4.69) is 11.0 Å². The van der Waals surface area contributed by atoms with E-state index in [9.17, 15) is 4.79 Å². The summed E-state index contributed by atoms with van der Waals surface area (Å²) in [6.07, 6.45) is 0.282. The van der Waals surface area contributed by atoms with Gasteiger partial charge in [0.1, 0.15) is 11.5 Å². The highest BCUT2D eigenvalue weighted by Crippen LogP contribution is 2.33. The van der Waals surface area contributed by atoms with Gasteiger partial charge in [-0.15, -0.1) is 0 Å². The van der Waals surface area contributed by atoms with Crippen molar-refractivity contribution in [2.45, 2.75) is 12.5 Å². The molecule has 0 saturated carbocycles. The number of ether oxygens (including phenoxy) is 3. The van der Waals surface area contributed by atoms with E-state index in [1.54, 1.807) is 24.3 Å². The van der Waals surface area contributed by atoms with Gasteiger partial charge >= 0.3 is 0 Å². The van der Waals surface area contributed by atoms with Crippen LogP contribution in [0.4, 0.5) is 5.69 Å². The summed E-state index contributed by atoms with van der Waals surface area (Å²) in [4.78, 5) is 17.0. The Labute approximate surface area is 176 Å². The van der Waals surface area contributed by atoms with Gasteiger partial charge in [-0.05, 0) is 42.8 Å². The van der Waals surface area contributed by atoms with Crippen LogP contribution in [0.1, 0.15) is 12.0 Å². The van der Waals surface area contributed by atoms with E-state index >= 15 is 0 Å². The fourth-order valence-electron chi connectivity index (χ4n) is 3.71. The van der Waals surface area contributed by atoms with Crippen LogP contribution in [0.5, 0.6) is 11.5 Å². The molecule has 156 valence electrons. The lowest BCUT2D eigenvalue weighted by Gasteiger charge is -2.38. The number of carbonyl (C=O) groups is 1. The van der Waals surface area contributed by atoms with E-state index < -0.39 is 6.10 Å². The Bertz CT molecular complexity index is 903. The lowest BCUT2D eigenvalue weighted by molar-refractivity contribution is -0.142. The summed E-state index contributed by atoms with van der Waals surface area (Å²) in [5.74, 6) is 1.51. The maximum Gasteiger partial charge on any atom is 0.265 e. The normalized spacial score (nSPS) is 18.2. The third kappa shape index (κ3) is 4.66. The van der Waals surface area contributed by atoms with Crippen LogP contribution in [0.2, 0.25) is 0 Å². The quantitative estimate of drug-likeness (QED) is 0.685. The van der Waals surface area contributed by atoms with Gasteiger partial charge in [0.15, 0.2) is 6.10 Å². The van der Waals surface area contributed by atoms with Gasteiger partial charge in [-0.3, -0.25) is 4.79 Å². The van der Waals surface area contributed by atoms with Crippen molar-refractivity contribution in [3.63, 3.8) is 0 Å². The molecule has 0 N–H and O–H groups in total. The number of hydrogen-bond acceptors (Lipinski definition) is 6. The number of hydrogen-bond donors (Lipinski definition) is 0. The average molecular weight is 407 g/mol. The van der Waals surface area contributed by atoms with Crippen molar-refractivity contribution < 1.29 is 19.0 Å². The van der Waals surface area contributed by atoms with Crippen molar-refractivity contribution in [2.24, 2.45) is 0 Å². The zero-order chi connectivity index (χ0) is 20.8. The van der Waals surface area contributed by atoms with E-state index in [4.69, 9.17) is 19.5 Å². The minimum absolute atomic E-state index is 0.0200. The highest BCUT2D eigenvalue weighted by Gasteiger charge is 2.33. The molecule has 0 aromatic heterocycles. The van der Waals surface area contributed by atoms with Gasteiger partial charge in [0.25, 0.3) is 5.91 Å². The number of amides is 1. The number of fused-ring (bicyclic) bond motifs is 1. The molecule has 1 atom stereocenters. The maximum absolute atomic E-state index is 12.9. The van der Waals surface area contributed by atoms with E-state index in [1.807, 2.05) is 29.2 Å². The van der Waals surface area contributed by atoms with Gasteiger partial charge in [-0.25, -0.2) is 0 Å². The van der Waals surface area contributed by atoms with Crippen LogP contribution in [0.3, 0.4) is 0 Å². The standard InChI is InChI=1S/C23H25N3O4/c24-16-18-6-8-19(9-7-18)29-13-3-10-26-17-22(23(27)25-11-14-28-15-12-25)30-21-5-2-1-4-20(21)26/h1-2,4-9,22H,3,10-15,17H2. The summed E-state index contributed by atoms with van der Waals surface area (Å²) in [5, 5.41) is 8.87. The Morgan fingerprint density at radius 1 is 1.13 bits per heavy atom. The summed E-state index contributed by atoms with van der Waals surface area (Å²) in [5.41, 5.74) is 1.62. The van der Waals surface area contributed by atoms with Gasteiger partial charge in [-0.1, -0.05) is 12.1 Å². The molecule has 1 fully saturated rings. The molecule has 7 nitrogen and oxygen atoms in total. The zero-order valence-electron chi connectivity index (χ0n) is 16.8. The maximum atomic E-state index is 12.9. The first-order valence-corrected chi connectivity index (χ1v) is 10.2. The number of morpholine rings is 1. The first kappa shape index (κ1) is 20.0. The molecule has 0 radical (unpaired) electrons. The molecule has 4 rings (SSSR count). The molecule has 2 aromatic carbocycles. The minimum Gasteiger partial charge on any atom is -0.494 e. The van der Waals surface area contributed by atoms with Crippen LogP contribution < -0.4 is 14.4 Å². The van der Waals surface area contributed by atoms with Gasteiger partial charge in [0, 0.05) is 19.6 Å². The topological polar surface area (TPSA) is 75.0 Å². The molecule has 2 heterocycles. The summed E-state index contributed by atoms with van der Waals surface area (Å²) in [6, 6.07) is 17.0. The Balaban J connectivity index is 1.36. The molecule has 0 aliphatic carbocycles. The molecule has 2 aliphatic rings. The molecule has 1 unspecified atom stereocenters. The van der Waals surface area contributed by atoms with Crippen LogP contribution in [0, 0.1) is 11.3 Å². The molecule has 7 heteroatoms. The number of nitrogens with zero attached hydrogens (tertiary/aromatic N) is 3. The minimum atomic E-state index is -0.516. The molecular weight excluding hydrogens is 382 g/mol. The molecule has 2 aromatic rings. The monoisotopic (exact) mass is 407 g/mol. The third-order valence-corrected chi connectivity index (χ3v) is 5.28. The fourth-order valence-corrected chi connectivity index (χ4v) is 3.71. The Morgan fingerprint density at radius 2 is 1.90 bits per heavy atom. The number of nitriles is 1. The predicted octanol–water partition coefficient (Wildman–Crippen LogP) is 2.45. The molecule has 1 amide bonds. The van der Waals surface area contributed by atoms with Gasteiger partial charge in [-0.2, -0.15) is 5.26 Å². The number of anilines is 1. The second-order valence-electron chi connectivity index (χ2n) is 7.30. The second-order valence-corrected chi connectivity index (χ2v) is 7.30. The summed E-state index contributed by atoms with van der Waals surface area (Å²) in [6.45, 7) is 4.19. The first-order chi connectivity index (χ1) is 14.7. The Kier molecular flexibility index (Phi) is 6.35. The Hall–Kier alpha value is -3.24. The number of rotatable bonds is 6. The van der Waals surface area contributed by atoms with Crippen molar-refractivity contribution in [3.8, 4) is 17.6 Å². The van der Waals surface area contributed by atoms with Crippen molar-refractivity contribution in [1.29, 1.82) is 5.26 Å². The number of carbonyl (C=O) groups excluding carboxylic acids is 1. The second kappa shape index (κ2) is 9.51. The van der Waals surface area contributed by atoms with Crippen molar-refractivity contribution in [1.82, 2.24) is 4.90 Å². The number of para-hydroxylation sites is 2. The molecule has 1 saturated heterocycles. The molecule has 0 spiro atoms. The lowest BCUT2D eigenvalue weighted by atomic mass is 10.1. The lowest BCUT2D eigenvalue weighted by Crippen LogP contribution is -2.53. The smallest absolute Gasteiger partial charge is 0.265 e. The fraction of sp³-hybridized carbons (Fsp3) is 0.391. The van der Waals surface area contributed by atoms with Crippen LogP contribution in [0.15, 0.2) is 48.5 Å². The summed E-state index contributed by atoms with van der Waals surface area (Å²) >= 11 is 0. The van der Waals surface area contributed by atoms with Crippen LogP contribution in [-0.4, -0.2) is 62.9 Å². The van der Waals surface area contributed by atoms with E-state index in [0.717, 1.165) is 30.2 Å². The highest BCUT2D eigenvalue weighted by molar-refractivity contribution is 5.83. The molecule has 0 bridgehead atoms. The van der Waals surface area contributed by atoms with Crippen molar-refractivity contribution >= 4 is 11.6 Å². The zero-order valence-corrected chi connectivity index (χ0v) is 16.8. The highest BCUT2D eigenvalue weighted by atomic mass is 16.5. The summed E-state index contributed by atoms with van der Waals surface area (Å²) < 4.78 is 17.2. The number of benzene rings is 2. The summed E-state index contributed by atoms with van der Waals surface area (Å²) in [7, 11) is 0. The van der Waals surface area contributed by atoms with Gasteiger partial charge < -0.3 is 24.0 Å². The SMILES string of the molecule is N#Cc1ccc(OCCCN2CC(C(=O)N3CCOCC3)Oc3ccccc32)cc1. The first-order valence-electron chi connectivity index (χ1n) is 10.2. The predicted molar refractivity (Wildman–Crippen MR) is 112 cm³/mol. The molecule has 30 heavy (non-hydrogen) atoms. The van der Waals surface area contributed by atoms with E-state index in [-0.39, 0.29) is 5.91 Å². The van der Waals surface area contributed by atoms with E-state index in [1.165, 1.54) is 0 Å². The van der Waals surface area contributed by atoms with Gasteiger partial charge in [0.05, 0.1) is 43.7 Å². The third-order valence-electron chi connectivity index (χ3n) is 5.28. The van der Waals surface area contributed by atoms with Crippen LogP contribution in [-0.2, 0) is 9.53 Å². The molecule has 2 aliphatic heterocycles. The average Bonchev–Trinajstić information content (AvgIpc) is 2.82. The van der Waals surface area contributed by atoms with Crippen LogP contribution in [0.25, 0.3) is 0 Å². The largest absolute Gasteiger partial charge is 0.494 e. The van der Waals surface area contributed by atoms with Crippen LogP contribution >= 0.6 is 0 Å². The van der Waals surface area contributed by atoms with Gasteiger partial charge in [0.2, 0.25) is 0 Å². The Morgan fingerprint density at radius 3 is 2.67 bits per heavy atom. The van der Waals surface area contributed by atoms with Crippen molar-refractivity contribution in [3.05, 3.63) is 54.1 Å². The van der Waals surface area contributed by atoms with Crippen molar-refractivity contribution in [2.75, 3.05) is 50.9 Å². The molecular formula is C23H25N3O4.